The molecular formula is C21H27IN4O. The Morgan fingerprint density at radius 2 is 1.89 bits per heavy atom. The minimum atomic E-state index is 0. The predicted octanol–water partition coefficient (Wildman–Crippen LogP) is 2.86. The van der Waals surface area contributed by atoms with Gasteiger partial charge in [0, 0.05) is 26.7 Å². The topological polar surface area (TPSA) is 56.7 Å². The van der Waals surface area contributed by atoms with Crippen LogP contribution in [0.4, 0.5) is 0 Å². The summed E-state index contributed by atoms with van der Waals surface area (Å²) in [6.07, 6.45) is 0.919. The number of aryl methyl sites for hydroxylation is 1. The van der Waals surface area contributed by atoms with Crippen LogP contribution in [0.3, 0.4) is 0 Å². The molecule has 0 atom stereocenters. The van der Waals surface area contributed by atoms with Gasteiger partial charge < -0.3 is 15.5 Å². The van der Waals surface area contributed by atoms with Crippen molar-refractivity contribution in [1.82, 2.24) is 15.5 Å². The summed E-state index contributed by atoms with van der Waals surface area (Å²) in [5, 5.41) is 6.38. The van der Waals surface area contributed by atoms with Crippen molar-refractivity contribution < 1.29 is 4.79 Å². The molecule has 0 saturated carbocycles. The fourth-order valence-corrected chi connectivity index (χ4v) is 3.21. The molecule has 0 radical (unpaired) electrons. The standard InChI is InChI=1S/C21H26N4O.HI/c1-16-6-5-7-17(12-16)13-23-21(22-2)24-14-20(26)25-11-10-18-8-3-4-9-19(18)15-25;/h3-9,12H,10-11,13-15H2,1-2H3,(H2,22,23,24);1H. The third-order valence-corrected chi connectivity index (χ3v) is 4.66. The Hall–Kier alpha value is -2.09. The van der Waals surface area contributed by atoms with E-state index in [4.69, 9.17) is 0 Å². The van der Waals surface area contributed by atoms with Gasteiger partial charge in [-0.15, -0.1) is 24.0 Å². The van der Waals surface area contributed by atoms with Crippen LogP contribution in [0.2, 0.25) is 0 Å². The molecule has 2 aromatic carbocycles. The van der Waals surface area contributed by atoms with Crippen molar-refractivity contribution in [2.24, 2.45) is 4.99 Å². The second-order valence-electron chi connectivity index (χ2n) is 6.60. The third-order valence-electron chi connectivity index (χ3n) is 4.66. The van der Waals surface area contributed by atoms with E-state index in [1.807, 2.05) is 17.0 Å². The van der Waals surface area contributed by atoms with E-state index in [9.17, 15) is 4.79 Å². The highest BCUT2D eigenvalue weighted by atomic mass is 127. The molecule has 0 bridgehead atoms. The predicted molar refractivity (Wildman–Crippen MR) is 120 cm³/mol. The second-order valence-corrected chi connectivity index (χ2v) is 6.60. The van der Waals surface area contributed by atoms with Gasteiger partial charge >= 0.3 is 0 Å². The number of fused-ring (bicyclic) bond motifs is 1. The van der Waals surface area contributed by atoms with Gasteiger partial charge in [0.05, 0.1) is 6.54 Å². The summed E-state index contributed by atoms with van der Waals surface area (Å²) in [4.78, 5) is 18.6. The van der Waals surface area contributed by atoms with Gasteiger partial charge in [0.25, 0.3) is 0 Å². The monoisotopic (exact) mass is 478 g/mol. The fourth-order valence-electron chi connectivity index (χ4n) is 3.21. The molecule has 1 aliphatic heterocycles. The Labute approximate surface area is 178 Å². The van der Waals surface area contributed by atoms with Crippen molar-refractivity contribution in [3.63, 3.8) is 0 Å². The summed E-state index contributed by atoms with van der Waals surface area (Å²) in [5.41, 5.74) is 5.01. The average molecular weight is 478 g/mol. The van der Waals surface area contributed by atoms with Gasteiger partial charge in [-0.3, -0.25) is 9.79 Å². The van der Waals surface area contributed by atoms with Gasteiger partial charge in [-0.05, 0) is 30.0 Å². The molecular weight excluding hydrogens is 451 g/mol. The quantitative estimate of drug-likeness (QED) is 0.404. The first-order valence-corrected chi connectivity index (χ1v) is 9.00. The van der Waals surface area contributed by atoms with Crippen LogP contribution in [0.25, 0.3) is 0 Å². The first-order chi connectivity index (χ1) is 12.7. The molecule has 144 valence electrons. The van der Waals surface area contributed by atoms with Crippen molar-refractivity contribution in [3.8, 4) is 0 Å². The molecule has 2 aromatic rings. The van der Waals surface area contributed by atoms with E-state index in [0.29, 0.717) is 19.0 Å². The Morgan fingerprint density at radius 1 is 1.11 bits per heavy atom. The summed E-state index contributed by atoms with van der Waals surface area (Å²) in [7, 11) is 1.72. The number of nitrogens with one attached hydrogen (secondary N) is 2. The van der Waals surface area contributed by atoms with Crippen LogP contribution >= 0.6 is 24.0 Å². The number of amides is 1. The average Bonchev–Trinajstić information content (AvgIpc) is 2.67. The molecule has 0 saturated heterocycles. The molecule has 0 spiro atoms. The van der Waals surface area contributed by atoms with E-state index in [2.05, 4.69) is 58.9 Å². The largest absolute Gasteiger partial charge is 0.352 e. The summed E-state index contributed by atoms with van der Waals surface area (Å²) < 4.78 is 0. The Morgan fingerprint density at radius 3 is 2.63 bits per heavy atom. The van der Waals surface area contributed by atoms with Crippen molar-refractivity contribution >= 4 is 35.8 Å². The second kappa shape index (κ2) is 10.3. The normalized spacial score (nSPS) is 13.4. The number of carbonyl (C=O) groups excluding carboxylic acids is 1. The number of guanidine groups is 1. The highest BCUT2D eigenvalue weighted by molar-refractivity contribution is 14.0. The molecule has 6 heteroatoms. The molecule has 1 aliphatic rings. The lowest BCUT2D eigenvalue weighted by Gasteiger charge is -2.29. The van der Waals surface area contributed by atoms with Gasteiger partial charge in [-0.2, -0.15) is 0 Å². The lowest BCUT2D eigenvalue weighted by molar-refractivity contribution is -0.130. The number of nitrogens with zero attached hydrogens (tertiary/aromatic N) is 2. The lowest BCUT2D eigenvalue weighted by Crippen LogP contribution is -2.45. The van der Waals surface area contributed by atoms with Crippen molar-refractivity contribution in [3.05, 3.63) is 70.8 Å². The molecule has 1 heterocycles. The van der Waals surface area contributed by atoms with E-state index in [0.717, 1.165) is 13.0 Å². The molecule has 3 rings (SSSR count). The summed E-state index contributed by atoms with van der Waals surface area (Å²) in [6.45, 7) is 4.45. The molecule has 0 aliphatic carbocycles. The number of rotatable bonds is 4. The minimum Gasteiger partial charge on any atom is -0.352 e. The first-order valence-electron chi connectivity index (χ1n) is 9.00. The van der Waals surface area contributed by atoms with E-state index in [1.165, 1.54) is 22.3 Å². The maximum absolute atomic E-state index is 12.5. The molecule has 0 aromatic heterocycles. The Kier molecular flexibility index (Phi) is 8.09. The number of hydrogen-bond acceptors (Lipinski definition) is 2. The molecule has 0 unspecified atom stereocenters. The number of halogens is 1. The Bertz CT molecular complexity index is 806. The van der Waals surface area contributed by atoms with Gasteiger partial charge in [-0.25, -0.2) is 0 Å². The zero-order chi connectivity index (χ0) is 18.4. The Balaban J connectivity index is 0.00000261. The number of benzene rings is 2. The van der Waals surface area contributed by atoms with Crippen LogP contribution in [-0.2, 0) is 24.3 Å². The van der Waals surface area contributed by atoms with Gasteiger partial charge in [0.2, 0.25) is 5.91 Å². The third kappa shape index (κ3) is 5.95. The van der Waals surface area contributed by atoms with Crippen LogP contribution < -0.4 is 10.6 Å². The highest BCUT2D eigenvalue weighted by Crippen LogP contribution is 2.18. The zero-order valence-electron chi connectivity index (χ0n) is 15.9. The number of carbonyl (C=O) groups is 1. The maximum Gasteiger partial charge on any atom is 0.242 e. The maximum atomic E-state index is 12.5. The molecule has 27 heavy (non-hydrogen) atoms. The van der Waals surface area contributed by atoms with E-state index < -0.39 is 0 Å². The summed E-state index contributed by atoms with van der Waals surface area (Å²) >= 11 is 0. The number of hydrogen-bond donors (Lipinski definition) is 2. The van der Waals surface area contributed by atoms with Crippen LogP contribution in [-0.4, -0.2) is 36.9 Å². The SMILES string of the molecule is CN=C(NCC(=O)N1CCc2ccccc2C1)NCc1cccc(C)c1.I. The van der Waals surface area contributed by atoms with Crippen molar-refractivity contribution in [2.75, 3.05) is 20.1 Å². The molecule has 0 fully saturated rings. The van der Waals surface area contributed by atoms with Crippen LogP contribution in [0.15, 0.2) is 53.5 Å². The van der Waals surface area contributed by atoms with E-state index in [1.54, 1.807) is 7.05 Å². The molecule has 2 N–H and O–H groups in total. The summed E-state index contributed by atoms with van der Waals surface area (Å²) in [5.74, 6) is 0.732. The highest BCUT2D eigenvalue weighted by Gasteiger charge is 2.20. The van der Waals surface area contributed by atoms with Crippen molar-refractivity contribution in [2.45, 2.75) is 26.4 Å². The van der Waals surface area contributed by atoms with Gasteiger partial charge in [0.15, 0.2) is 5.96 Å². The smallest absolute Gasteiger partial charge is 0.242 e. The fraction of sp³-hybridized carbons (Fsp3) is 0.333. The van der Waals surface area contributed by atoms with Crippen LogP contribution in [0.5, 0.6) is 0 Å². The van der Waals surface area contributed by atoms with Gasteiger partial charge in [0.1, 0.15) is 0 Å². The number of aliphatic imine (C=N–C) groups is 1. The summed E-state index contributed by atoms with van der Waals surface area (Å²) in [6, 6.07) is 16.7. The molecule has 5 nitrogen and oxygen atoms in total. The van der Waals surface area contributed by atoms with Crippen LogP contribution in [0.1, 0.15) is 22.3 Å². The van der Waals surface area contributed by atoms with Crippen LogP contribution in [0, 0.1) is 6.92 Å². The molecule has 1 amide bonds. The van der Waals surface area contributed by atoms with E-state index >= 15 is 0 Å². The minimum absolute atomic E-state index is 0. The first kappa shape index (κ1) is 21.2. The van der Waals surface area contributed by atoms with Crippen molar-refractivity contribution in [1.29, 1.82) is 0 Å². The van der Waals surface area contributed by atoms with Gasteiger partial charge in [-0.1, -0.05) is 54.1 Å². The zero-order valence-corrected chi connectivity index (χ0v) is 18.2. The van der Waals surface area contributed by atoms with E-state index in [-0.39, 0.29) is 36.4 Å². The lowest BCUT2D eigenvalue weighted by atomic mass is 10.00.